The van der Waals surface area contributed by atoms with Crippen LogP contribution in [0, 0.1) is 6.92 Å². The van der Waals surface area contributed by atoms with Crippen molar-refractivity contribution in [1.29, 1.82) is 0 Å². The fourth-order valence-electron chi connectivity index (χ4n) is 6.97. The molecule has 3 nitrogen and oxygen atoms in total. The van der Waals surface area contributed by atoms with E-state index in [0.717, 1.165) is 67.2 Å². The lowest BCUT2D eigenvalue weighted by Gasteiger charge is -2.23. The summed E-state index contributed by atoms with van der Waals surface area (Å²) in [6.45, 7) is 2.14. The molecule has 6 aromatic carbocycles. The molecule has 242 valence electrons. The molecule has 8 rings (SSSR count). The van der Waals surface area contributed by atoms with Crippen LogP contribution in [0.1, 0.15) is 38.9 Å². The van der Waals surface area contributed by atoms with Crippen LogP contribution in [0.4, 0.5) is 11.4 Å². The largest absolute Gasteiger partial charge is 0.497 e. The number of aryl methyl sites for hydroxylation is 1. The molecular formula is C47H37NO2. The minimum absolute atomic E-state index is 0.839. The minimum Gasteiger partial charge on any atom is -0.497 e. The first-order chi connectivity index (χ1) is 24.6. The molecule has 3 heteroatoms. The Bertz CT molecular complexity index is 2360. The van der Waals surface area contributed by atoms with Crippen LogP contribution in [0.5, 0.6) is 5.75 Å². The van der Waals surface area contributed by atoms with Gasteiger partial charge in [-0.05, 0) is 100 Å². The van der Waals surface area contributed by atoms with E-state index in [-0.39, 0.29) is 0 Å². The number of furan rings is 1. The first-order valence-corrected chi connectivity index (χ1v) is 16.9. The molecule has 0 bridgehead atoms. The van der Waals surface area contributed by atoms with Crippen molar-refractivity contribution in [2.75, 3.05) is 19.1 Å². The fourth-order valence-corrected chi connectivity index (χ4v) is 6.97. The number of hydrogen-bond acceptors (Lipinski definition) is 3. The number of rotatable bonds is 7. The Morgan fingerprint density at radius 3 is 1.54 bits per heavy atom. The molecule has 0 N–H and O–H groups in total. The molecule has 2 heterocycles. The summed E-state index contributed by atoms with van der Waals surface area (Å²) in [4.78, 5) is 2.30. The Labute approximate surface area is 294 Å². The van der Waals surface area contributed by atoms with Crippen molar-refractivity contribution in [2.45, 2.75) is 6.92 Å². The maximum atomic E-state index is 5.96. The number of benzene rings is 6. The number of anilines is 2. The zero-order valence-corrected chi connectivity index (χ0v) is 28.4. The Morgan fingerprint density at radius 2 is 1.02 bits per heavy atom. The summed E-state index contributed by atoms with van der Waals surface area (Å²) in [6.07, 6.45) is 8.35. The second-order valence-corrected chi connectivity index (χ2v) is 12.8. The van der Waals surface area contributed by atoms with Crippen molar-refractivity contribution in [3.8, 4) is 28.0 Å². The Kier molecular flexibility index (Phi) is 8.24. The minimum atomic E-state index is 0.839. The van der Waals surface area contributed by atoms with E-state index in [4.69, 9.17) is 9.15 Å². The zero-order chi connectivity index (χ0) is 34.0. The third-order valence-corrected chi connectivity index (χ3v) is 9.53. The van der Waals surface area contributed by atoms with Crippen molar-refractivity contribution >= 4 is 34.7 Å². The SMILES string of the molecule is COc1ccc(/C(=C\c2ccc3c(c2)-c2cocc2-c2cc(C=C(c4ccccc4)c4cccc(C)c4)ccc2N3C)c2ccccc2)cc1. The molecule has 0 atom stereocenters. The third kappa shape index (κ3) is 5.95. The normalized spacial score (nSPS) is 12.5. The van der Waals surface area contributed by atoms with E-state index < -0.39 is 0 Å². The average Bonchev–Trinajstić information content (AvgIpc) is 3.63. The molecule has 1 aliphatic heterocycles. The monoisotopic (exact) mass is 647 g/mol. The summed E-state index contributed by atoms with van der Waals surface area (Å²) < 4.78 is 11.4. The average molecular weight is 648 g/mol. The third-order valence-electron chi connectivity index (χ3n) is 9.53. The molecule has 0 unspecified atom stereocenters. The van der Waals surface area contributed by atoms with Gasteiger partial charge in [0.25, 0.3) is 0 Å². The fraction of sp³-hybridized carbons (Fsp3) is 0.0638. The summed E-state index contributed by atoms with van der Waals surface area (Å²) in [5.41, 5.74) is 17.2. The predicted octanol–water partition coefficient (Wildman–Crippen LogP) is 12.2. The van der Waals surface area contributed by atoms with Crippen LogP contribution in [-0.4, -0.2) is 14.2 Å². The molecule has 1 aliphatic rings. The molecule has 7 aromatic rings. The van der Waals surface area contributed by atoms with Crippen molar-refractivity contribution in [3.63, 3.8) is 0 Å². The number of ether oxygens (including phenoxy) is 1. The zero-order valence-electron chi connectivity index (χ0n) is 28.4. The first kappa shape index (κ1) is 31.0. The van der Waals surface area contributed by atoms with Crippen LogP contribution in [0.25, 0.3) is 45.6 Å². The van der Waals surface area contributed by atoms with Gasteiger partial charge in [0.1, 0.15) is 5.75 Å². The molecule has 0 spiro atoms. The molecule has 1 aromatic heterocycles. The predicted molar refractivity (Wildman–Crippen MR) is 209 cm³/mol. The van der Waals surface area contributed by atoms with Gasteiger partial charge in [0.15, 0.2) is 0 Å². The molecule has 0 radical (unpaired) electrons. The Morgan fingerprint density at radius 1 is 0.520 bits per heavy atom. The number of fused-ring (bicyclic) bond motifs is 5. The van der Waals surface area contributed by atoms with Crippen LogP contribution in [-0.2, 0) is 0 Å². The Balaban J connectivity index is 1.24. The summed E-state index contributed by atoms with van der Waals surface area (Å²) in [5, 5.41) is 0. The van der Waals surface area contributed by atoms with Gasteiger partial charge in [-0.2, -0.15) is 0 Å². The van der Waals surface area contributed by atoms with E-state index >= 15 is 0 Å². The van der Waals surface area contributed by atoms with E-state index in [2.05, 4.69) is 164 Å². The van der Waals surface area contributed by atoms with Crippen LogP contribution < -0.4 is 9.64 Å². The van der Waals surface area contributed by atoms with Crippen molar-refractivity contribution in [2.24, 2.45) is 0 Å². The van der Waals surface area contributed by atoms with E-state index in [1.807, 2.05) is 24.7 Å². The van der Waals surface area contributed by atoms with Crippen LogP contribution in [0.3, 0.4) is 0 Å². The Hall–Kier alpha value is -6.32. The van der Waals surface area contributed by atoms with Gasteiger partial charge in [-0.25, -0.2) is 0 Å². The molecule has 0 saturated heterocycles. The first-order valence-electron chi connectivity index (χ1n) is 16.9. The summed E-state index contributed by atoms with van der Waals surface area (Å²) >= 11 is 0. The van der Waals surface area contributed by atoms with Gasteiger partial charge in [0.2, 0.25) is 0 Å². The van der Waals surface area contributed by atoms with E-state index in [9.17, 15) is 0 Å². The maximum absolute atomic E-state index is 5.96. The topological polar surface area (TPSA) is 25.6 Å². The quantitative estimate of drug-likeness (QED) is 0.161. The van der Waals surface area contributed by atoms with Gasteiger partial charge in [0, 0.05) is 40.7 Å². The van der Waals surface area contributed by atoms with E-state index in [0.29, 0.717) is 0 Å². The molecule has 0 aliphatic carbocycles. The number of methoxy groups -OCH3 is 1. The molecular weight excluding hydrogens is 611 g/mol. The molecule has 0 saturated carbocycles. The highest BCUT2D eigenvalue weighted by molar-refractivity contribution is 6.01. The van der Waals surface area contributed by atoms with Gasteiger partial charge >= 0.3 is 0 Å². The molecule has 50 heavy (non-hydrogen) atoms. The lowest BCUT2D eigenvalue weighted by molar-refractivity contribution is 0.415. The molecule has 0 amide bonds. The van der Waals surface area contributed by atoms with Crippen LogP contribution >= 0.6 is 0 Å². The number of nitrogens with zero attached hydrogens (tertiary/aromatic N) is 1. The van der Waals surface area contributed by atoms with Gasteiger partial charge in [0.05, 0.1) is 19.6 Å². The van der Waals surface area contributed by atoms with Crippen LogP contribution in [0.15, 0.2) is 163 Å². The smallest absolute Gasteiger partial charge is 0.118 e. The second-order valence-electron chi connectivity index (χ2n) is 12.8. The van der Waals surface area contributed by atoms with Crippen molar-refractivity contribution in [1.82, 2.24) is 0 Å². The van der Waals surface area contributed by atoms with E-state index in [1.54, 1.807) is 7.11 Å². The van der Waals surface area contributed by atoms with E-state index in [1.165, 1.54) is 22.3 Å². The van der Waals surface area contributed by atoms with Gasteiger partial charge < -0.3 is 14.1 Å². The van der Waals surface area contributed by atoms with Crippen LogP contribution in [0.2, 0.25) is 0 Å². The summed E-state index contributed by atoms with van der Waals surface area (Å²) in [7, 11) is 3.85. The lowest BCUT2D eigenvalue weighted by Crippen LogP contribution is -2.10. The van der Waals surface area contributed by atoms with Crippen molar-refractivity contribution < 1.29 is 9.15 Å². The van der Waals surface area contributed by atoms with Crippen molar-refractivity contribution in [3.05, 3.63) is 197 Å². The second kappa shape index (κ2) is 13.3. The standard InChI is InChI=1S/C47H37NO2/c1-32-11-10-16-38(25-32)41(36-14-8-5-9-15-36)27-34-18-24-47-43(29-34)45-31-50-30-44(45)42-28-33(17-23-46(42)48(47)2)26-40(35-12-6-4-7-13-35)37-19-21-39(49-3)22-20-37/h4-31H,1-3H3/b40-26-,41-27?. The highest BCUT2D eigenvalue weighted by Gasteiger charge is 2.25. The maximum Gasteiger partial charge on any atom is 0.118 e. The van der Waals surface area contributed by atoms with Gasteiger partial charge in [-0.3, -0.25) is 0 Å². The highest BCUT2D eigenvalue weighted by Crippen LogP contribution is 2.48. The molecule has 0 fully saturated rings. The summed E-state index contributed by atoms with van der Waals surface area (Å²) in [5.74, 6) is 0.839. The lowest BCUT2D eigenvalue weighted by atomic mass is 9.92. The van der Waals surface area contributed by atoms with Gasteiger partial charge in [-0.15, -0.1) is 0 Å². The highest BCUT2D eigenvalue weighted by atomic mass is 16.5. The summed E-state index contributed by atoms with van der Waals surface area (Å²) in [6, 6.07) is 51.6. The number of hydrogen-bond donors (Lipinski definition) is 0. The van der Waals surface area contributed by atoms with Gasteiger partial charge in [-0.1, -0.05) is 115 Å².